The third-order valence-electron chi connectivity index (χ3n) is 4.24. The number of nitrogens with one attached hydrogen (secondary N) is 2. The van der Waals surface area contributed by atoms with Gasteiger partial charge in [-0.05, 0) is 29.8 Å². The number of carbonyl (C=O) groups is 2. The molecule has 3 rings (SSSR count). The number of aliphatic hydroxyl groups is 1. The molecule has 0 saturated carbocycles. The van der Waals surface area contributed by atoms with Crippen molar-refractivity contribution in [3.63, 3.8) is 0 Å². The van der Waals surface area contributed by atoms with Gasteiger partial charge in [-0.1, -0.05) is 23.7 Å². The number of hydrogen-bond donors (Lipinski definition) is 3. The summed E-state index contributed by atoms with van der Waals surface area (Å²) in [5, 5.41) is 14.3. The molecule has 1 aliphatic heterocycles. The third-order valence-corrected chi connectivity index (χ3v) is 4.48. The SMILES string of the molecule is O=C1N[C@@H](c2cccc(Cl)c2)[C@H](C(=O)c2cccnc2)[C@](O)(C(F)(F)F)N1. The molecule has 1 fully saturated rings. The van der Waals surface area contributed by atoms with Crippen molar-refractivity contribution >= 4 is 23.4 Å². The maximum atomic E-state index is 13.7. The standard InChI is InChI=1S/C17H13ClF3N3O3/c18-11-5-1-3-9(7-11)13-12(14(25)10-4-2-6-22-8-10)16(27,17(19,20)21)24-15(26)23-13/h1-8,12-13,27H,(H2,23,24,26)/t12-,13+,16+/m1/s1. The van der Waals surface area contributed by atoms with Crippen molar-refractivity contribution in [2.24, 2.45) is 5.92 Å². The summed E-state index contributed by atoms with van der Waals surface area (Å²) < 4.78 is 41.1. The molecule has 0 unspecified atom stereocenters. The third kappa shape index (κ3) is 3.47. The predicted molar refractivity (Wildman–Crippen MR) is 88.9 cm³/mol. The van der Waals surface area contributed by atoms with Crippen LogP contribution in [0.5, 0.6) is 0 Å². The zero-order chi connectivity index (χ0) is 19.8. The first-order valence-corrected chi connectivity index (χ1v) is 8.09. The monoisotopic (exact) mass is 399 g/mol. The van der Waals surface area contributed by atoms with Crippen LogP contribution in [0, 0.1) is 5.92 Å². The topological polar surface area (TPSA) is 91.3 Å². The summed E-state index contributed by atoms with van der Waals surface area (Å²) in [5.74, 6) is -3.15. The Labute approximate surface area is 156 Å². The number of ketones is 1. The van der Waals surface area contributed by atoms with Gasteiger partial charge in [0.15, 0.2) is 5.78 Å². The summed E-state index contributed by atoms with van der Waals surface area (Å²) in [6.07, 6.45) is -2.88. The number of rotatable bonds is 3. The average molecular weight is 400 g/mol. The average Bonchev–Trinajstić information content (AvgIpc) is 2.60. The molecule has 10 heteroatoms. The van der Waals surface area contributed by atoms with Gasteiger partial charge >= 0.3 is 12.2 Å². The van der Waals surface area contributed by atoms with Gasteiger partial charge in [-0.3, -0.25) is 9.78 Å². The van der Waals surface area contributed by atoms with Gasteiger partial charge in [-0.2, -0.15) is 13.2 Å². The molecule has 6 nitrogen and oxygen atoms in total. The molecular weight excluding hydrogens is 387 g/mol. The molecule has 0 radical (unpaired) electrons. The van der Waals surface area contributed by atoms with E-state index in [2.05, 4.69) is 10.3 Å². The van der Waals surface area contributed by atoms with Crippen LogP contribution in [0.2, 0.25) is 5.02 Å². The summed E-state index contributed by atoms with van der Waals surface area (Å²) in [4.78, 5) is 28.5. The first kappa shape index (κ1) is 19.1. The number of carbonyl (C=O) groups excluding carboxylic acids is 2. The number of pyridine rings is 1. The minimum atomic E-state index is -5.32. The Morgan fingerprint density at radius 1 is 1.26 bits per heavy atom. The highest BCUT2D eigenvalue weighted by Gasteiger charge is 2.66. The zero-order valence-corrected chi connectivity index (χ0v) is 14.3. The molecule has 0 spiro atoms. The van der Waals surface area contributed by atoms with E-state index in [4.69, 9.17) is 11.6 Å². The molecule has 0 aliphatic carbocycles. The molecule has 1 aromatic heterocycles. The summed E-state index contributed by atoms with van der Waals surface area (Å²) >= 11 is 5.90. The predicted octanol–water partition coefficient (Wildman–Crippen LogP) is 2.84. The maximum absolute atomic E-state index is 13.7. The maximum Gasteiger partial charge on any atom is 0.437 e. The highest BCUT2D eigenvalue weighted by atomic mass is 35.5. The van der Waals surface area contributed by atoms with Crippen LogP contribution in [-0.4, -0.2) is 33.8 Å². The smallest absolute Gasteiger partial charge is 0.363 e. The summed E-state index contributed by atoms with van der Waals surface area (Å²) in [5.41, 5.74) is -3.78. The van der Waals surface area contributed by atoms with E-state index in [9.17, 15) is 27.9 Å². The molecule has 1 aliphatic rings. The Morgan fingerprint density at radius 2 is 2.00 bits per heavy atom. The molecule has 142 valence electrons. The fourth-order valence-corrected chi connectivity index (χ4v) is 3.20. The number of halogens is 4. The van der Waals surface area contributed by atoms with Crippen LogP contribution < -0.4 is 10.6 Å². The van der Waals surface area contributed by atoms with Gasteiger partial charge < -0.3 is 15.7 Å². The fourth-order valence-electron chi connectivity index (χ4n) is 3.00. The second-order valence-electron chi connectivity index (χ2n) is 5.98. The quantitative estimate of drug-likeness (QED) is 0.692. The lowest BCUT2D eigenvalue weighted by Crippen LogP contribution is -2.72. The molecule has 1 saturated heterocycles. The minimum absolute atomic E-state index is 0.141. The number of amides is 2. The number of urea groups is 1. The molecule has 2 heterocycles. The largest absolute Gasteiger partial charge is 0.437 e. The number of aromatic nitrogens is 1. The summed E-state index contributed by atoms with van der Waals surface area (Å²) in [7, 11) is 0. The van der Waals surface area contributed by atoms with E-state index < -0.39 is 35.7 Å². The molecule has 1 aromatic carbocycles. The highest BCUT2D eigenvalue weighted by Crippen LogP contribution is 2.44. The van der Waals surface area contributed by atoms with Gasteiger partial charge in [0.05, 0.1) is 6.04 Å². The van der Waals surface area contributed by atoms with Crippen molar-refractivity contribution < 1.29 is 27.9 Å². The Hall–Kier alpha value is -2.65. The van der Waals surface area contributed by atoms with Crippen molar-refractivity contribution in [1.29, 1.82) is 0 Å². The molecule has 3 atom stereocenters. The van der Waals surface area contributed by atoms with Crippen LogP contribution in [0.1, 0.15) is 22.0 Å². The van der Waals surface area contributed by atoms with E-state index in [1.165, 1.54) is 47.9 Å². The summed E-state index contributed by atoms with van der Waals surface area (Å²) in [6.45, 7) is 0. The second kappa shape index (κ2) is 6.82. The number of hydrogen-bond acceptors (Lipinski definition) is 4. The first-order chi connectivity index (χ1) is 12.6. The Morgan fingerprint density at radius 3 is 2.59 bits per heavy atom. The van der Waals surface area contributed by atoms with E-state index in [1.807, 2.05) is 0 Å². The van der Waals surface area contributed by atoms with Gasteiger partial charge in [0, 0.05) is 23.0 Å². The zero-order valence-electron chi connectivity index (χ0n) is 13.5. The number of Topliss-reactive ketones (excluding diaryl/α,β-unsaturated/α-hetero) is 1. The van der Waals surface area contributed by atoms with Crippen LogP contribution >= 0.6 is 11.6 Å². The van der Waals surface area contributed by atoms with Crippen LogP contribution in [-0.2, 0) is 0 Å². The van der Waals surface area contributed by atoms with Crippen LogP contribution in [0.3, 0.4) is 0 Å². The molecule has 2 aromatic rings. The van der Waals surface area contributed by atoms with Gasteiger partial charge in [-0.25, -0.2) is 4.79 Å². The van der Waals surface area contributed by atoms with Crippen LogP contribution in [0.4, 0.5) is 18.0 Å². The van der Waals surface area contributed by atoms with Crippen LogP contribution in [0.15, 0.2) is 48.8 Å². The second-order valence-corrected chi connectivity index (χ2v) is 6.42. The Balaban J connectivity index is 2.17. The number of nitrogens with zero attached hydrogens (tertiary/aromatic N) is 1. The number of benzene rings is 1. The van der Waals surface area contributed by atoms with Gasteiger partial charge in [0.1, 0.15) is 5.92 Å². The normalized spacial score (nSPS) is 25.4. The van der Waals surface area contributed by atoms with E-state index in [-0.39, 0.29) is 16.1 Å². The number of alkyl halides is 3. The van der Waals surface area contributed by atoms with Crippen molar-refractivity contribution in [3.05, 3.63) is 64.9 Å². The van der Waals surface area contributed by atoms with E-state index in [1.54, 1.807) is 0 Å². The van der Waals surface area contributed by atoms with Gasteiger partial charge in [-0.15, -0.1) is 0 Å². The highest BCUT2D eigenvalue weighted by molar-refractivity contribution is 6.30. The molecule has 3 N–H and O–H groups in total. The fraction of sp³-hybridized carbons (Fsp3) is 0.235. The lowest BCUT2D eigenvalue weighted by atomic mass is 9.77. The minimum Gasteiger partial charge on any atom is -0.363 e. The van der Waals surface area contributed by atoms with Gasteiger partial charge in [0.25, 0.3) is 0 Å². The van der Waals surface area contributed by atoms with E-state index in [0.29, 0.717) is 0 Å². The van der Waals surface area contributed by atoms with Gasteiger partial charge in [0.2, 0.25) is 5.72 Å². The Bertz CT molecular complexity index is 878. The van der Waals surface area contributed by atoms with E-state index in [0.717, 1.165) is 6.20 Å². The van der Waals surface area contributed by atoms with E-state index >= 15 is 0 Å². The summed E-state index contributed by atoms with van der Waals surface area (Å²) in [6, 6.07) is 5.58. The van der Waals surface area contributed by atoms with Crippen molar-refractivity contribution in [3.8, 4) is 0 Å². The van der Waals surface area contributed by atoms with Crippen molar-refractivity contribution in [2.75, 3.05) is 0 Å². The molecule has 2 amide bonds. The first-order valence-electron chi connectivity index (χ1n) is 7.71. The lowest BCUT2D eigenvalue weighted by Gasteiger charge is -2.45. The van der Waals surface area contributed by atoms with Crippen LogP contribution in [0.25, 0.3) is 0 Å². The lowest BCUT2D eigenvalue weighted by molar-refractivity contribution is -0.287. The molecule has 27 heavy (non-hydrogen) atoms. The van der Waals surface area contributed by atoms with Crippen molar-refractivity contribution in [1.82, 2.24) is 15.6 Å². The molecular formula is C17H13ClF3N3O3. The molecule has 0 bridgehead atoms. The van der Waals surface area contributed by atoms with Crippen molar-refractivity contribution in [2.45, 2.75) is 17.9 Å². The Kier molecular flexibility index (Phi) is 4.83.